The largest absolute Gasteiger partial charge is 0.454 e. The molecule has 18 heavy (non-hydrogen) atoms. The Morgan fingerprint density at radius 2 is 2.22 bits per heavy atom. The second kappa shape index (κ2) is 5.16. The van der Waals surface area contributed by atoms with Crippen LogP contribution in [0.1, 0.15) is 18.4 Å². The summed E-state index contributed by atoms with van der Waals surface area (Å²) in [5, 5.41) is 3.46. The van der Waals surface area contributed by atoms with Crippen LogP contribution in [0.4, 0.5) is 0 Å². The van der Waals surface area contributed by atoms with Crippen molar-refractivity contribution in [2.45, 2.75) is 25.4 Å². The summed E-state index contributed by atoms with van der Waals surface area (Å²) in [5.41, 5.74) is 1.28. The zero-order valence-electron chi connectivity index (χ0n) is 10.8. The summed E-state index contributed by atoms with van der Waals surface area (Å²) in [4.78, 5) is 2.42. The molecule has 0 saturated carbocycles. The molecule has 4 nitrogen and oxygen atoms in total. The van der Waals surface area contributed by atoms with Gasteiger partial charge in [-0.05, 0) is 44.1 Å². The molecule has 0 bridgehead atoms. The fraction of sp³-hybridized carbons (Fsp3) is 0.571. The van der Waals surface area contributed by atoms with Gasteiger partial charge in [0.25, 0.3) is 0 Å². The van der Waals surface area contributed by atoms with Crippen LogP contribution in [0.25, 0.3) is 0 Å². The van der Waals surface area contributed by atoms with Gasteiger partial charge in [0.1, 0.15) is 0 Å². The fourth-order valence-electron chi connectivity index (χ4n) is 2.67. The minimum atomic E-state index is 0.348. The number of likely N-dealkylation sites (N-methyl/N-ethyl adjacent to an activating group) is 1. The van der Waals surface area contributed by atoms with Crippen LogP contribution in [-0.2, 0) is 6.54 Å². The summed E-state index contributed by atoms with van der Waals surface area (Å²) in [5.74, 6) is 1.74. The lowest BCUT2D eigenvalue weighted by Gasteiger charge is -2.31. The molecule has 98 valence electrons. The van der Waals surface area contributed by atoms with Crippen LogP contribution in [-0.4, -0.2) is 37.9 Å². The monoisotopic (exact) mass is 248 g/mol. The second-order valence-corrected chi connectivity index (χ2v) is 5.10. The van der Waals surface area contributed by atoms with Crippen LogP contribution in [0.2, 0.25) is 0 Å². The summed E-state index contributed by atoms with van der Waals surface area (Å²) in [6.45, 7) is 3.57. The standard InChI is InChI=1S/C14H20N2O2/c1-16(12-3-2-6-15-8-12)9-11-4-5-13-14(7-11)18-10-17-13/h4-5,7,12,15H,2-3,6,8-10H2,1H3. The zero-order valence-corrected chi connectivity index (χ0v) is 10.8. The number of ether oxygens (including phenoxy) is 2. The number of nitrogens with one attached hydrogen (secondary N) is 1. The van der Waals surface area contributed by atoms with Gasteiger partial charge >= 0.3 is 0 Å². The van der Waals surface area contributed by atoms with Crippen molar-refractivity contribution >= 4 is 0 Å². The Bertz CT molecular complexity index is 416. The fourth-order valence-corrected chi connectivity index (χ4v) is 2.67. The molecular weight excluding hydrogens is 228 g/mol. The molecule has 0 radical (unpaired) electrons. The summed E-state index contributed by atoms with van der Waals surface area (Å²) in [7, 11) is 2.20. The molecule has 1 aromatic rings. The highest BCUT2D eigenvalue weighted by molar-refractivity contribution is 5.44. The maximum atomic E-state index is 5.41. The molecule has 1 fully saturated rings. The number of benzene rings is 1. The van der Waals surface area contributed by atoms with Gasteiger partial charge in [0.2, 0.25) is 6.79 Å². The molecule has 0 spiro atoms. The number of fused-ring (bicyclic) bond motifs is 1. The van der Waals surface area contributed by atoms with Crippen molar-refractivity contribution < 1.29 is 9.47 Å². The van der Waals surface area contributed by atoms with E-state index in [1.165, 1.54) is 18.4 Å². The van der Waals surface area contributed by atoms with Gasteiger partial charge in [-0.25, -0.2) is 0 Å². The van der Waals surface area contributed by atoms with Gasteiger partial charge in [-0.3, -0.25) is 4.90 Å². The average Bonchev–Trinajstić information content (AvgIpc) is 2.87. The van der Waals surface area contributed by atoms with Gasteiger partial charge in [0.05, 0.1) is 0 Å². The van der Waals surface area contributed by atoms with Crippen LogP contribution < -0.4 is 14.8 Å². The molecule has 1 unspecified atom stereocenters. The molecule has 1 atom stereocenters. The first-order chi connectivity index (χ1) is 8.83. The van der Waals surface area contributed by atoms with Crippen molar-refractivity contribution in [3.63, 3.8) is 0 Å². The molecule has 1 N–H and O–H groups in total. The quantitative estimate of drug-likeness (QED) is 0.881. The van der Waals surface area contributed by atoms with Crippen LogP contribution in [0.15, 0.2) is 18.2 Å². The lowest BCUT2D eigenvalue weighted by molar-refractivity contribution is 0.173. The molecule has 0 aromatic heterocycles. The van der Waals surface area contributed by atoms with E-state index in [2.05, 4.69) is 29.4 Å². The summed E-state index contributed by atoms with van der Waals surface area (Å²) >= 11 is 0. The first kappa shape index (κ1) is 11.8. The van der Waals surface area contributed by atoms with Crippen molar-refractivity contribution in [1.82, 2.24) is 10.2 Å². The normalized spacial score (nSPS) is 22.4. The molecule has 2 heterocycles. The molecule has 0 aliphatic carbocycles. The van der Waals surface area contributed by atoms with Gasteiger partial charge < -0.3 is 14.8 Å². The predicted octanol–water partition coefficient (Wildman–Crippen LogP) is 1.60. The van der Waals surface area contributed by atoms with Gasteiger partial charge in [0, 0.05) is 19.1 Å². The first-order valence-electron chi connectivity index (χ1n) is 6.62. The molecule has 3 rings (SSSR count). The Kier molecular flexibility index (Phi) is 3.39. The minimum Gasteiger partial charge on any atom is -0.454 e. The Morgan fingerprint density at radius 1 is 1.33 bits per heavy atom. The van der Waals surface area contributed by atoms with E-state index < -0.39 is 0 Å². The van der Waals surface area contributed by atoms with E-state index in [0.717, 1.165) is 31.1 Å². The smallest absolute Gasteiger partial charge is 0.231 e. The topological polar surface area (TPSA) is 33.7 Å². The minimum absolute atomic E-state index is 0.348. The number of hydrogen-bond donors (Lipinski definition) is 1. The van der Waals surface area contributed by atoms with Crippen LogP contribution in [0.3, 0.4) is 0 Å². The van der Waals surface area contributed by atoms with Crippen molar-refractivity contribution in [3.05, 3.63) is 23.8 Å². The molecule has 2 aliphatic rings. The molecule has 0 amide bonds. The van der Waals surface area contributed by atoms with E-state index in [1.54, 1.807) is 0 Å². The Hall–Kier alpha value is -1.26. The lowest BCUT2D eigenvalue weighted by Crippen LogP contribution is -2.43. The SMILES string of the molecule is CN(Cc1ccc2c(c1)OCO2)C1CCCNC1. The van der Waals surface area contributed by atoms with Crippen LogP contribution in [0, 0.1) is 0 Å². The van der Waals surface area contributed by atoms with Crippen LogP contribution in [0.5, 0.6) is 11.5 Å². The highest BCUT2D eigenvalue weighted by Crippen LogP contribution is 2.32. The number of piperidine rings is 1. The third-order valence-electron chi connectivity index (χ3n) is 3.76. The molecule has 1 saturated heterocycles. The first-order valence-corrected chi connectivity index (χ1v) is 6.62. The van der Waals surface area contributed by atoms with Gasteiger partial charge in [-0.15, -0.1) is 0 Å². The van der Waals surface area contributed by atoms with Crippen molar-refractivity contribution in [2.24, 2.45) is 0 Å². The van der Waals surface area contributed by atoms with E-state index in [9.17, 15) is 0 Å². The Morgan fingerprint density at radius 3 is 3.06 bits per heavy atom. The van der Waals surface area contributed by atoms with Crippen molar-refractivity contribution in [2.75, 3.05) is 26.9 Å². The number of hydrogen-bond acceptors (Lipinski definition) is 4. The van der Waals surface area contributed by atoms with Gasteiger partial charge in [-0.2, -0.15) is 0 Å². The highest BCUT2D eigenvalue weighted by atomic mass is 16.7. The highest BCUT2D eigenvalue weighted by Gasteiger charge is 2.19. The molecular formula is C14H20N2O2. The Balaban J connectivity index is 1.64. The Labute approximate surface area is 108 Å². The second-order valence-electron chi connectivity index (χ2n) is 5.10. The van der Waals surface area contributed by atoms with E-state index in [-0.39, 0.29) is 0 Å². The molecule has 2 aliphatic heterocycles. The lowest BCUT2D eigenvalue weighted by atomic mass is 10.1. The zero-order chi connectivity index (χ0) is 12.4. The summed E-state index contributed by atoms with van der Waals surface area (Å²) < 4.78 is 10.7. The molecule has 4 heteroatoms. The van der Waals surface area contributed by atoms with Gasteiger partial charge in [-0.1, -0.05) is 6.07 Å². The maximum absolute atomic E-state index is 5.41. The predicted molar refractivity (Wildman–Crippen MR) is 69.9 cm³/mol. The summed E-state index contributed by atoms with van der Waals surface area (Å²) in [6, 6.07) is 6.86. The van der Waals surface area contributed by atoms with Crippen molar-refractivity contribution in [1.29, 1.82) is 0 Å². The van der Waals surface area contributed by atoms with Crippen LogP contribution >= 0.6 is 0 Å². The number of rotatable bonds is 3. The van der Waals surface area contributed by atoms with E-state index in [0.29, 0.717) is 12.8 Å². The number of nitrogens with zero attached hydrogens (tertiary/aromatic N) is 1. The van der Waals surface area contributed by atoms with E-state index >= 15 is 0 Å². The molecule has 1 aromatic carbocycles. The third kappa shape index (κ3) is 2.44. The van der Waals surface area contributed by atoms with Gasteiger partial charge in [0.15, 0.2) is 11.5 Å². The third-order valence-corrected chi connectivity index (χ3v) is 3.76. The maximum Gasteiger partial charge on any atom is 0.231 e. The van der Waals surface area contributed by atoms with Crippen molar-refractivity contribution in [3.8, 4) is 11.5 Å². The average molecular weight is 248 g/mol. The summed E-state index contributed by atoms with van der Waals surface area (Å²) in [6.07, 6.45) is 2.56. The van der Waals surface area contributed by atoms with E-state index in [1.807, 2.05) is 6.07 Å². The van der Waals surface area contributed by atoms with E-state index in [4.69, 9.17) is 9.47 Å².